The fourth-order valence-electron chi connectivity index (χ4n) is 1.94. The van der Waals surface area contributed by atoms with Crippen molar-refractivity contribution < 1.29 is 9.59 Å². The summed E-state index contributed by atoms with van der Waals surface area (Å²) >= 11 is 0. The highest BCUT2D eigenvalue weighted by molar-refractivity contribution is 6.06. The molecule has 0 spiro atoms. The van der Waals surface area contributed by atoms with Crippen LogP contribution < -0.4 is 10.2 Å². The van der Waals surface area contributed by atoms with Crippen LogP contribution in [0.15, 0.2) is 54.6 Å². The molecule has 0 bridgehead atoms. The van der Waals surface area contributed by atoms with Gasteiger partial charge in [-0.05, 0) is 36.4 Å². The number of amides is 2. The summed E-state index contributed by atoms with van der Waals surface area (Å²) in [7, 11) is 1.71. The number of benzene rings is 2. The quantitative estimate of drug-likeness (QED) is 0.942. The Labute approximate surface area is 128 Å². The molecule has 0 unspecified atom stereocenters. The smallest absolute Gasteiger partial charge is 0.258 e. The Bertz CT molecular complexity index is 703. The molecule has 1 N–H and O–H groups in total. The maximum absolute atomic E-state index is 12.4. The summed E-state index contributed by atoms with van der Waals surface area (Å²) in [5.74, 6) is -0.510. The fourth-order valence-corrected chi connectivity index (χ4v) is 1.94. The van der Waals surface area contributed by atoms with Crippen LogP contribution in [-0.2, 0) is 4.79 Å². The molecule has 0 fully saturated rings. The standard InChI is InChI=1S/C17H15N3O2/c1-20(15-5-3-2-4-6-15)17(22)13-7-9-14(10-8-13)19-16(21)11-12-18/h2-10H,11H2,1H3,(H,19,21). The highest BCUT2D eigenvalue weighted by Crippen LogP contribution is 2.16. The van der Waals surface area contributed by atoms with Crippen LogP contribution in [0.2, 0.25) is 0 Å². The van der Waals surface area contributed by atoms with Crippen LogP contribution >= 0.6 is 0 Å². The Morgan fingerprint density at radius 3 is 2.32 bits per heavy atom. The SMILES string of the molecule is CN(C(=O)c1ccc(NC(=O)CC#N)cc1)c1ccccc1. The van der Waals surface area contributed by atoms with Gasteiger partial charge in [0.1, 0.15) is 6.42 Å². The lowest BCUT2D eigenvalue weighted by atomic mass is 10.1. The summed E-state index contributed by atoms with van der Waals surface area (Å²) in [6.07, 6.45) is -0.197. The first kappa shape index (κ1) is 15.3. The molecule has 0 saturated carbocycles. The first-order chi connectivity index (χ1) is 10.6. The third-order valence-corrected chi connectivity index (χ3v) is 3.10. The Hall–Kier alpha value is -3.13. The van der Waals surface area contributed by atoms with E-state index in [1.165, 1.54) is 0 Å². The topological polar surface area (TPSA) is 73.2 Å². The monoisotopic (exact) mass is 293 g/mol. The van der Waals surface area contributed by atoms with E-state index in [0.717, 1.165) is 5.69 Å². The molecule has 0 aliphatic rings. The van der Waals surface area contributed by atoms with Crippen molar-refractivity contribution in [1.29, 1.82) is 5.26 Å². The van der Waals surface area contributed by atoms with Crippen LogP contribution in [0.3, 0.4) is 0 Å². The maximum Gasteiger partial charge on any atom is 0.258 e. The molecule has 5 nitrogen and oxygen atoms in total. The number of carbonyl (C=O) groups excluding carboxylic acids is 2. The Morgan fingerprint density at radius 2 is 1.73 bits per heavy atom. The largest absolute Gasteiger partial charge is 0.325 e. The zero-order valence-corrected chi connectivity index (χ0v) is 12.1. The molecule has 0 aromatic heterocycles. The third-order valence-electron chi connectivity index (χ3n) is 3.10. The van der Waals surface area contributed by atoms with Gasteiger partial charge in [0.2, 0.25) is 5.91 Å². The van der Waals surface area contributed by atoms with Gasteiger partial charge in [-0.25, -0.2) is 0 Å². The molecule has 2 aromatic rings. The normalized spacial score (nSPS) is 9.64. The second-order valence-electron chi connectivity index (χ2n) is 4.66. The third kappa shape index (κ3) is 3.70. The molecule has 0 aliphatic carbocycles. The highest BCUT2D eigenvalue weighted by atomic mass is 16.2. The van der Waals surface area contributed by atoms with E-state index in [-0.39, 0.29) is 18.2 Å². The van der Waals surface area contributed by atoms with Gasteiger partial charge in [-0.2, -0.15) is 5.26 Å². The summed E-state index contributed by atoms with van der Waals surface area (Å²) in [6, 6.07) is 17.7. The number of hydrogen-bond donors (Lipinski definition) is 1. The van der Waals surface area contributed by atoms with Crippen molar-refractivity contribution >= 4 is 23.2 Å². The molecule has 2 rings (SSSR count). The van der Waals surface area contributed by atoms with Crippen LogP contribution in [0, 0.1) is 11.3 Å². The van der Waals surface area contributed by atoms with Gasteiger partial charge in [0.05, 0.1) is 6.07 Å². The van der Waals surface area contributed by atoms with E-state index in [0.29, 0.717) is 11.3 Å². The van der Waals surface area contributed by atoms with Gasteiger partial charge in [-0.15, -0.1) is 0 Å². The molecular formula is C17H15N3O2. The Balaban J connectivity index is 2.08. The number of hydrogen-bond acceptors (Lipinski definition) is 3. The van der Waals surface area contributed by atoms with Gasteiger partial charge in [0.25, 0.3) is 5.91 Å². The zero-order valence-electron chi connectivity index (χ0n) is 12.1. The molecule has 2 amide bonds. The summed E-state index contributed by atoms with van der Waals surface area (Å²) < 4.78 is 0. The molecule has 0 radical (unpaired) electrons. The van der Waals surface area contributed by atoms with Crippen molar-refractivity contribution in [3.8, 4) is 6.07 Å². The number of para-hydroxylation sites is 1. The molecule has 5 heteroatoms. The van der Waals surface area contributed by atoms with E-state index in [1.807, 2.05) is 30.3 Å². The summed E-state index contributed by atoms with van der Waals surface area (Å²) in [4.78, 5) is 25.3. The van der Waals surface area contributed by atoms with Crippen molar-refractivity contribution in [1.82, 2.24) is 0 Å². The van der Waals surface area contributed by atoms with E-state index in [2.05, 4.69) is 5.32 Å². The van der Waals surface area contributed by atoms with E-state index in [9.17, 15) is 9.59 Å². The van der Waals surface area contributed by atoms with Crippen molar-refractivity contribution in [3.63, 3.8) is 0 Å². The Kier molecular flexibility index (Phi) is 4.89. The molecular weight excluding hydrogens is 278 g/mol. The van der Waals surface area contributed by atoms with E-state index in [4.69, 9.17) is 5.26 Å². The molecule has 22 heavy (non-hydrogen) atoms. The molecule has 110 valence electrons. The van der Waals surface area contributed by atoms with Crippen LogP contribution in [0.1, 0.15) is 16.8 Å². The van der Waals surface area contributed by atoms with Gasteiger partial charge in [0, 0.05) is 24.0 Å². The second-order valence-corrected chi connectivity index (χ2v) is 4.66. The summed E-state index contributed by atoms with van der Waals surface area (Å²) in [6.45, 7) is 0. The molecule has 2 aromatic carbocycles. The van der Waals surface area contributed by atoms with E-state index >= 15 is 0 Å². The van der Waals surface area contributed by atoms with Crippen molar-refractivity contribution in [2.75, 3.05) is 17.3 Å². The second kappa shape index (κ2) is 7.04. The number of nitriles is 1. The van der Waals surface area contributed by atoms with Gasteiger partial charge >= 0.3 is 0 Å². The van der Waals surface area contributed by atoms with Crippen LogP contribution in [0.4, 0.5) is 11.4 Å². The lowest BCUT2D eigenvalue weighted by Gasteiger charge is -2.17. The van der Waals surface area contributed by atoms with Gasteiger partial charge < -0.3 is 10.2 Å². The minimum absolute atomic E-state index is 0.138. The number of rotatable bonds is 4. The number of nitrogens with one attached hydrogen (secondary N) is 1. The van der Waals surface area contributed by atoms with E-state index in [1.54, 1.807) is 42.3 Å². The fraction of sp³-hybridized carbons (Fsp3) is 0.118. The van der Waals surface area contributed by atoms with Crippen molar-refractivity contribution in [2.24, 2.45) is 0 Å². The average Bonchev–Trinajstić information content (AvgIpc) is 2.55. The molecule has 0 heterocycles. The lowest BCUT2D eigenvalue weighted by molar-refractivity contribution is -0.115. The van der Waals surface area contributed by atoms with Crippen LogP contribution in [0.25, 0.3) is 0 Å². The average molecular weight is 293 g/mol. The minimum Gasteiger partial charge on any atom is -0.325 e. The predicted octanol–water partition coefficient (Wildman–Crippen LogP) is 2.82. The van der Waals surface area contributed by atoms with Gasteiger partial charge in [-0.3, -0.25) is 9.59 Å². The first-order valence-electron chi connectivity index (χ1n) is 6.72. The first-order valence-corrected chi connectivity index (χ1v) is 6.72. The van der Waals surface area contributed by atoms with Crippen LogP contribution in [-0.4, -0.2) is 18.9 Å². The van der Waals surface area contributed by atoms with Gasteiger partial charge in [0.15, 0.2) is 0 Å². The minimum atomic E-state index is -0.372. The Morgan fingerprint density at radius 1 is 1.09 bits per heavy atom. The molecule has 0 aliphatic heterocycles. The summed E-state index contributed by atoms with van der Waals surface area (Å²) in [5.41, 5.74) is 1.88. The number of anilines is 2. The van der Waals surface area contributed by atoms with Crippen molar-refractivity contribution in [2.45, 2.75) is 6.42 Å². The zero-order chi connectivity index (χ0) is 15.9. The predicted molar refractivity (Wildman–Crippen MR) is 84.5 cm³/mol. The van der Waals surface area contributed by atoms with E-state index < -0.39 is 0 Å². The maximum atomic E-state index is 12.4. The molecule has 0 atom stereocenters. The highest BCUT2D eigenvalue weighted by Gasteiger charge is 2.13. The van der Waals surface area contributed by atoms with Gasteiger partial charge in [-0.1, -0.05) is 18.2 Å². The number of nitrogens with zero attached hydrogens (tertiary/aromatic N) is 2. The lowest BCUT2D eigenvalue weighted by Crippen LogP contribution is -2.26. The van der Waals surface area contributed by atoms with Crippen molar-refractivity contribution in [3.05, 3.63) is 60.2 Å². The van der Waals surface area contributed by atoms with Crippen LogP contribution in [0.5, 0.6) is 0 Å². The molecule has 0 saturated heterocycles. The summed E-state index contributed by atoms with van der Waals surface area (Å²) in [5, 5.41) is 11.0. The number of carbonyl (C=O) groups is 2.